The summed E-state index contributed by atoms with van der Waals surface area (Å²) < 4.78 is 15.7. The van der Waals surface area contributed by atoms with Crippen LogP contribution in [0.2, 0.25) is 0 Å². The molecule has 0 radical (unpaired) electrons. The molecule has 0 aliphatic carbocycles. The Morgan fingerprint density at radius 3 is 1.59 bits per heavy atom. The summed E-state index contributed by atoms with van der Waals surface area (Å²) in [4.78, 5) is 15.1. The number of rotatable bonds is 4. The highest BCUT2D eigenvalue weighted by molar-refractivity contribution is 6.26. The van der Waals surface area contributed by atoms with Crippen LogP contribution in [-0.4, -0.2) is 19.5 Å². The van der Waals surface area contributed by atoms with Gasteiger partial charge in [0.1, 0.15) is 22.3 Å². The van der Waals surface area contributed by atoms with Crippen LogP contribution in [0.25, 0.3) is 106 Å². The molecule has 51 heavy (non-hydrogen) atoms. The lowest BCUT2D eigenvalue weighted by Gasteiger charge is -2.09. The number of hydrogen-bond donors (Lipinski definition) is 0. The lowest BCUT2D eigenvalue weighted by Crippen LogP contribution is -2.00. The Labute approximate surface area is 290 Å². The summed E-state index contributed by atoms with van der Waals surface area (Å²) >= 11 is 0. The number of para-hydroxylation sites is 2. The Kier molecular flexibility index (Phi) is 5.86. The molecular weight excluding hydrogens is 629 g/mol. The van der Waals surface area contributed by atoms with Gasteiger partial charge >= 0.3 is 0 Å². The first-order valence-corrected chi connectivity index (χ1v) is 17.0. The van der Waals surface area contributed by atoms with E-state index in [1.54, 1.807) is 0 Å². The van der Waals surface area contributed by atoms with Gasteiger partial charge < -0.3 is 13.4 Å². The molecule has 0 atom stereocenters. The van der Waals surface area contributed by atoms with Crippen molar-refractivity contribution in [2.75, 3.05) is 0 Å². The Morgan fingerprint density at radius 2 is 0.922 bits per heavy atom. The van der Waals surface area contributed by atoms with Gasteiger partial charge in [0.05, 0.1) is 27.5 Å². The van der Waals surface area contributed by atoms with Crippen LogP contribution in [-0.2, 0) is 0 Å². The molecule has 0 unspecified atom stereocenters. The quantitative estimate of drug-likeness (QED) is 0.189. The average molecular weight is 655 g/mol. The summed E-state index contributed by atoms with van der Waals surface area (Å²) in [5.74, 6) is 1.78. The highest BCUT2D eigenvalue weighted by Gasteiger charge is 2.23. The lowest BCUT2D eigenvalue weighted by molar-refractivity contribution is 0.663. The van der Waals surface area contributed by atoms with E-state index in [4.69, 9.17) is 23.8 Å². The fourth-order valence-corrected chi connectivity index (χ4v) is 7.65. The predicted molar refractivity (Wildman–Crippen MR) is 205 cm³/mol. The molecule has 0 N–H and O–H groups in total. The molecule has 0 spiro atoms. The number of aromatic nitrogens is 4. The van der Waals surface area contributed by atoms with Gasteiger partial charge in [-0.1, -0.05) is 115 Å². The first-order chi connectivity index (χ1) is 25.3. The molecule has 11 aromatic rings. The molecule has 238 valence electrons. The van der Waals surface area contributed by atoms with E-state index in [-0.39, 0.29) is 0 Å². The van der Waals surface area contributed by atoms with E-state index in [0.717, 1.165) is 77.3 Å². The predicted octanol–water partition coefficient (Wildman–Crippen LogP) is 11.8. The number of nitrogens with zero attached hydrogens (tertiary/aromatic N) is 4. The van der Waals surface area contributed by atoms with E-state index in [2.05, 4.69) is 83.4 Å². The molecule has 0 bridgehead atoms. The molecule has 6 heteroatoms. The van der Waals surface area contributed by atoms with Gasteiger partial charge in [-0.15, -0.1) is 0 Å². The first kappa shape index (κ1) is 27.9. The van der Waals surface area contributed by atoms with E-state index in [1.165, 1.54) is 10.8 Å². The minimum atomic E-state index is 0.565. The SMILES string of the molecule is c1ccc(-c2nc(-c3ccccc3)nc(-c3cccc4oc5ccc6c(oc7cccc(-n8c9ccccc9c9ccccc98)c76)c5c34)n2)cc1. The van der Waals surface area contributed by atoms with Crippen molar-refractivity contribution in [3.63, 3.8) is 0 Å². The molecule has 4 heterocycles. The summed E-state index contributed by atoms with van der Waals surface area (Å²) in [5.41, 5.74) is 9.09. The normalized spacial score (nSPS) is 11.9. The van der Waals surface area contributed by atoms with Gasteiger partial charge in [0.2, 0.25) is 0 Å². The number of fused-ring (bicyclic) bond motifs is 10. The zero-order valence-corrected chi connectivity index (χ0v) is 27.1. The molecule has 0 aliphatic rings. The smallest absolute Gasteiger partial charge is 0.164 e. The second kappa shape index (κ2) is 10.7. The maximum Gasteiger partial charge on any atom is 0.164 e. The van der Waals surface area contributed by atoms with Crippen LogP contribution in [0.3, 0.4) is 0 Å². The van der Waals surface area contributed by atoms with Crippen molar-refractivity contribution in [1.82, 2.24) is 19.5 Å². The van der Waals surface area contributed by atoms with Gasteiger partial charge in [0.25, 0.3) is 0 Å². The Balaban J connectivity index is 1.21. The highest BCUT2D eigenvalue weighted by Crippen LogP contribution is 2.45. The summed E-state index contributed by atoms with van der Waals surface area (Å²) in [5, 5.41) is 6.29. The molecule has 11 rings (SSSR count). The van der Waals surface area contributed by atoms with Crippen LogP contribution in [0.1, 0.15) is 0 Å². The van der Waals surface area contributed by atoms with Gasteiger partial charge in [-0.25, -0.2) is 15.0 Å². The second-order valence-electron chi connectivity index (χ2n) is 12.8. The van der Waals surface area contributed by atoms with Crippen molar-refractivity contribution < 1.29 is 8.83 Å². The van der Waals surface area contributed by atoms with E-state index in [0.29, 0.717) is 17.5 Å². The van der Waals surface area contributed by atoms with Gasteiger partial charge in [-0.2, -0.15) is 0 Å². The minimum Gasteiger partial charge on any atom is -0.456 e. The monoisotopic (exact) mass is 654 g/mol. The van der Waals surface area contributed by atoms with Crippen molar-refractivity contribution >= 4 is 65.7 Å². The standard InChI is InChI=1S/C45H26N4O2/c1-3-13-27(14-4-1)43-46-44(28-15-5-2-6-16-28)48-45(47-43)32-19-11-23-37-40(32)41-38(50-37)26-25-31-39-35(22-12-24-36(39)51-42(31)41)49-33-20-9-7-17-29(33)30-18-8-10-21-34(30)49/h1-26H. The topological polar surface area (TPSA) is 69.9 Å². The third-order valence-corrected chi connectivity index (χ3v) is 9.86. The number of hydrogen-bond acceptors (Lipinski definition) is 5. The summed E-state index contributed by atoms with van der Waals surface area (Å²) in [7, 11) is 0. The molecule has 7 aromatic carbocycles. The van der Waals surface area contributed by atoms with E-state index in [1.807, 2.05) is 78.9 Å². The maximum absolute atomic E-state index is 6.85. The molecule has 0 aliphatic heterocycles. The zero-order valence-electron chi connectivity index (χ0n) is 27.1. The van der Waals surface area contributed by atoms with E-state index < -0.39 is 0 Å². The third kappa shape index (κ3) is 4.14. The Bertz CT molecular complexity index is 3030. The van der Waals surface area contributed by atoms with Crippen molar-refractivity contribution in [1.29, 1.82) is 0 Å². The molecular formula is C45H26N4O2. The molecule has 0 amide bonds. The lowest BCUT2D eigenvalue weighted by atomic mass is 10.0. The van der Waals surface area contributed by atoms with Crippen LogP contribution >= 0.6 is 0 Å². The fraction of sp³-hybridized carbons (Fsp3) is 0. The number of furan rings is 2. The van der Waals surface area contributed by atoms with Crippen LogP contribution < -0.4 is 0 Å². The molecule has 6 nitrogen and oxygen atoms in total. The summed E-state index contributed by atoms with van der Waals surface area (Å²) in [6, 6.07) is 53.7. The number of benzene rings is 7. The van der Waals surface area contributed by atoms with Crippen LogP contribution in [0.15, 0.2) is 167 Å². The van der Waals surface area contributed by atoms with Crippen LogP contribution in [0, 0.1) is 0 Å². The summed E-state index contributed by atoms with van der Waals surface area (Å²) in [6.45, 7) is 0. The van der Waals surface area contributed by atoms with Crippen molar-refractivity contribution in [3.05, 3.63) is 158 Å². The molecule has 0 saturated heterocycles. The second-order valence-corrected chi connectivity index (χ2v) is 12.8. The molecule has 0 fully saturated rings. The van der Waals surface area contributed by atoms with Crippen molar-refractivity contribution in [2.24, 2.45) is 0 Å². The minimum absolute atomic E-state index is 0.565. The summed E-state index contributed by atoms with van der Waals surface area (Å²) in [6.07, 6.45) is 0. The van der Waals surface area contributed by atoms with E-state index in [9.17, 15) is 0 Å². The van der Waals surface area contributed by atoms with Crippen molar-refractivity contribution in [3.8, 4) is 39.9 Å². The van der Waals surface area contributed by atoms with Crippen LogP contribution in [0.5, 0.6) is 0 Å². The first-order valence-electron chi connectivity index (χ1n) is 17.0. The van der Waals surface area contributed by atoms with Gasteiger partial charge in [-0.05, 0) is 42.5 Å². The van der Waals surface area contributed by atoms with Crippen molar-refractivity contribution in [2.45, 2.75) is 0 Å². The Morgan fingerprint density at radius 1 is 0.373 bits per heavy atom. The van der Waals surface area contributed by atoms with Crippen LogP contribution in [0.4, 0.5) is 0 Å². The maximum atomic E-state index is 6.85. The molecule has 4 aromatic heterocycles. The molecule has 0 saturated carbocycles. The van der Waals surface area contributed by atoms with Gasteiger partial charge in [-0.3, -0.25) is 0 Å². The van der Waals surface area contributed by atoms with Gasteiger partial charge in [0, 0.05) is 38.2 Å². The third-order valence-electron chi connectivity index (χ3n) is 9.86. The zero-order chi connectivity index (χ0) is 33.5. The van der Waals surface area contributed by atoms with Gasteiger partial charge in [0.15, 0.2) is 17.5 Å². The van der Waals surface area contributed by atoms with E-state index >= 15 is 0 Å². The Hall–Kier alpha value is -7.05. The highest BCUT2D eigenvalue weighted by atomic mass is 16.3. The largest absolute Gasteiger partial charge is 0.456 e. The fourth-order valence-electron chi connectivity index (χ4n) is 7.65. The average Bonchev–Trinajstić information content (AvgIpc) is 3.88.